The number of aliphatic hydroxyl groups is 1. The highest BCUT2D eigenvalue weighted by Crippen LogP contribution is 2.31. The lowest BCUT2D eigenvalue weighted by atomic mass is 10.0. The minimum Gasteiger partial charge on any atom is -0.388 e. The second kappa shape index (κ2) is 6.08. The number of aryl methyl sites for hydroxylation is 1. The Morgan fingerprint density at radius 1 is 1.44 bits per heavy atom. The van der Waals surface area contributed by atoms with Gasteiger partial charge in [-0.25, -0.2) is 0 Å². The summed E-state index contributed by atoms with van der Waals surface area (Å²) in [6, 6.07) is 2.11. The fourth-order valence-electron chi connectivity index (χ4n) is 2.19. The van der Waals surface area contributed by atoms with E-state index in [1.165, 1.54) is 37.0 Å². The molecule has 1 aliphatic carbocycles. The van der Waals surface area contributed by atoms with Crippen molar-refractivity contribution >= 4 is 23.1 Å². The van der Waals surface area contributed by atoms with Gasteiger partial charge in [0.25, 0.3) is 0 Å². The molecule has 1 aromatic heterocycles. The third kappa shape index (κ3) is 3.51. The molecule has 1 heterocycles. The number of thioether (sulfide) groups is 1. The molecular weight excluding hydrogens is 236 g/mol. The van der Waals surface area contributed by atoms with Crippen LogP contribution >= 0.6 is 23.1 Å². The number of aliphatic hydroxyl groups excluding tert-OH is 1. The summed E-state index contributed by atoms with van der Waals surface area (Å²) >= 11 is 3.69. The normalized spacial score (nSPS) is 19.9. The topological polar surface area (TPSA) is 20.2 Å². The van der Waals surface area contributed by atoms with Crippen LogP contribution in [0.5, 0.6) is 0 Å². The summed E-state index contributed by atoms with van der Waals surface area (Å²) in [4.78, 5) is 1.29. The van der Waals surface area contributed by atoms with Crippen LogP contribution in [0.2, 0.25) is 0 Å². The van der Waals surface area contributed by atoms with E-state index in [4.69, 9.17) is 0 Å². The molecular formula is C13H20OS2. The predicted molar refractivity (Wildman–Crippen MR) is 73.3 cm³/mol. The molecule has 1 N–H and O–H groups in total. The van der Waals surface area contributed by atoms with Crippen molar-refractivity contribution in [2.24, 2.45) is 0 Å². The zero-order chi connectivity index (χ0) is 11.4. The van der Waals surface area contributed by atoms with E-state index in [0.717, 1.165) is 16.6 Å². The van der Waals surface area contributed by atoms with Crippen molar-refractivity contribution in [1.29, 1.82) is 0 Å². The number of thiophene rings is 1. The third-order valence-electron chi connectivity index (χ3n) is 3.18. The average Bonchev–Trinajstić information content (AvgIpc) is 2.74. The van der Waals surface area contributed by atoms with E-state index < -0.39 is 0 Å². The first-order valence-corrected chi connectivity index (χ1v) is 8.03. The Labute approximate surface area is 106 Å². The molecule has 1 nitrogen and oxygen atoms in total. The van der Waals surface area contributed by atoms with Gasteiger partial charge in [0.15, 0.2) is 0 Å². The summed E-state index contributed by atoms with van der Waals surface area (Å²) in [5.41, 5.74) is 1.10. The van der Waals surface area contributed by atoms with Crippen molar-refractivity contribution in [3.8, 4) is 0 Å². The molecule has 0 aromatic carbocycles. The van der Waals surface area contributed by atoms with Crippen LogP contribution in [0, 0.1) is 6.92 Å². The lowest BCUT2D eigenvalue weighted by Crippen LogP contribution is -2.11. The van der Waals surface area contributed by atoms with Crippen LogP contribution in [0.4, 0.5) is 0 Å². The summed E-state index contributed by atoms with van der Waals surface area (Å²) in [6.07, 6.45) is 6.59. The highest BCUT2D eigenvalue weighted by Gasteiger charge is 2.16. The van der Waals surface area contributed by atoms with Gasteiger partial charge < -0.3 is 5.11 Å². The van der Waals surface area contributed by atoms with E-state index in [1.807, 2.05) is 11.8 Å². The highest BCUT2D eigenvalue weighted by atomic mass is 32.2. The van der Waals surface area contributed by atoms with Crippen LogP contribution in [-0.4, -0.2) is 16.1 Å². The van der Waals surface area contributed by atoms with Crippen molar-refractivity contribution in [2.45, 2.75) is 50.4 Å². The highest BCUT2D eigenvalue weighted by molar-refractivity contribution is 7.99. The Morgan fingerprint density at radius 3 is 2.81 bits per heavy atom. The summed E-state index contributed by atoms with van der Waals surface area (Å²) < 4.78 is 0. The Kier molecular flexibility index (Phi) is 4.74. The molecule has 1 atom stereocenters. The van der Waals surface area contributed by atoms with E-state index in [0.29, 0.717) is 0 Å². The van der Waals surface area contributed by atoms with E-state index >= 15 is 0 Å². The van der Waals surface area contributed by atoms with Gasteiger partial charge in [0.1, 0.15) is 0 Å². The fraction of sp³-hybridized carbons (Fsp3) is 0.692. The zero-order valence-corrected chi connectivity index (χ0v) is 11.4. The maximum absolute atomic E-state index is 10.1. The molecule has 0 aliphatic heterocycles. The molecule has 1 fully saturated rings. The molecule has 0 amide bonds. The maximum atomic E-state index is 10.1. The molecule has 90 valence electrons. The molecule has 0 spiro atoms. The molecule has 1 unspecified atom stereocenters. The standard InChI is InChI=1S/C13H20OS2/c1-10-7-11(8-15-10)13(14)9-16-12-5-3-2-4-6-12/h7-8,12-14H,2-6,9H2,1H3. The van der Waals surface area contributed by atoms with Crippen LogP contribution in [-0.2, 0) is 0 Å². The second-order valence-corrected chi connectivity index (χ2v) is 7.05. The predicted octanol–water partition coefficient (Wildman–Crippen LogP) is 4.16. The lowest BCUT2D eigenvalue weighted by Gasteiger charge is -2.22. The first kappa shape index (κ1) is 12.5. The molecule has 16 heavy (non-hydrogen) atoms. The van der Waals surface area contributed by atoms with E-state index in [9.17, 15) is 5.11 Å². The van der Waals surface area contributed by atoms with Gasteiger partial charge in [-0.3, -0.25) is 0 Å². The minimum atomic E-state index is -0.267. The van der Waals surface area contributed by atoms with E-state index in [1.54, 1.807) is 11.3 Å². The van der Waals surface area contributed by atoms with Gasteiger partial charge in [0, 0.05) is 15.9 Å². The van der Waals surface area contributed by atoms with Gasteiger partial charge in [0.2, 0.25) is 0 Å². The smallest absolute Gasteiger partial charge is 0.0888 e. The number of hydrogen-bond acceptors (Lipinski definition) is 3. The Hall–Kier alpha value is 0.01000. The van der Waals surface area contributed by atoms with E-state index in [-0.39, 0.29) is 6.10 Å². The average molecular weight is 256 g/mol. The van der Waals surface area contributed by atoms with Crippen LogP contribution in [0.3, 0.4) is 0 Å². The van der Waals surface area contributed by atoms with E-state index in [2.05, 4.69) is 18.4 Å². The quantitative estimate of drug-likeness (QED) is 0.873. The van der Waals surface area contributed by atoms with Gasteiger partial charge in [-0.1, -0.05) is 19.3 Å². The van der Waals surface area contributed by atoms with Gasteiger partial charge in [-0.15, -0.1) is 11.3 Å². The zero-order valence-electron chi connectivity index (χ0n) is 9.82. The monoisotopic (exact) mass is 256 g/mol. The van der Waals surface area contributed by atoms with Crippen LogP contribution in [0.25, 0.3) is 0 Å². The molecule has 2 rings (SSSR count). The van der Waals surface area contributed by atoms with Gasteiger partial charge >= 0.3 is 0 Å². The Bertz CT molecular complexity index is 315. The van der Waals surface area contributed by atoms with Crippen molar-refractivity contribution in [1.82, 2.24) is 0 Å². The molecule has 3 heteroatoms. The summed E-state index contributed by atoms with van der Waals surface area (Å²) in [7, 11) is 0. The van der Waals surface area contributed by atoms with Crippen LogP contribution < -0.4 is 0 Å². The van der Waals surface area contributed by atoms with Crippen LogP contribution in [0.1, 0.15) is 48.6 Å². The van der Waals surface area contributed by atoms with Crippen molar-refractivity contribution in [3.05, 3.63) is 21.9 Å². The van der Waals surface area contributed by atoms with Gasteiger partial charge in [-0.05, 0) is 36.8 Å². The second-order valence-electron chi connectivity index (χ2n) is 4.60. The Morgan fingerprint density at radius 2 is 2.19 bits per heavy atom. The van der Waals surface area contributed by atoms with Crippen molar-refractivity contribution in [3.63, 3.8) is 0 Å². The summed E-state index contributed by atoms with van der Waals surface area (Å²) in [6.45, 7) is 2.09. The van der Waals surface area contributed by atoms with Crippen LogP contribution in [0.15, 0.2) is 11.4 Å². The molecule has 1 saturated carbocycles. The van der Waals surface area contributed by atoms with Gasteiger partial charge in [0.05, 0.1) is 6.10 Å². The lowest BCUT2D eigenvalue weighted by molar-refractivity contribution is 0.204. The maximum Gasteiger partial charge on any atom is 0.0888 e. The fourth-order valence-corrected chi connectivity index (χ4v) is 4.26. The molecule has 1 aromatic rings. The molecule has 1 aliphatic rings. The summed E-state index contributed by atoms with van der Waals surface area (Å²) in [5.74, 6) is 0.862. The summed E-state index contributed by atoms with van der Waals surface area (Å²) in [5, 5.41) is 12.9. The first-order chi connectivity index (χ1) is 7.75. The van der Waals surface area contributed by atoms with Crippen molar-refractivity contribution < 1.29 is 5.11 Å². The SMILES string of the molecule is Cc1cc(C(O)CSC2CCCCC2)cs1. The largest absolute Gasteiger partial charge is 0.388 e. The molecule has 0 bridgehead atoms. The Balaban J connectivity index is 1.76. The third-order valence-corrected chi connectivity index (χ3v) is 5.51. The van der Waals surface area contributed by atoms with Crippen molar-refractivity contribution in [2.75, 3.05) is 5.75 Å². The first-order valence-electron chi connectivity index (χ1n) is 6.10. The number of hydrogen-bond donors (Lipinski definition) is 1. The molecule has 0 saturated heterocycles. The number of rotatable bonds is 4. The van der Waals surface area contributed by atoms with Gasteiger partial charge in [-0.2, -0.15) is 11.8 Å². The minimum absolute atomic E-state index is 0.267. The molecule has 0 radical (unpaired) electrons.